The number of amides is 1. The van der Waals surface area contributed by atoms with Gasteiger partial charge in [-0.15, -0.1) is 0 Å². The molecule has 1 aromatic heterocycles. The van der Waals surface area contributed by atoms with Crippen molar-refractivity contribution in [2.45, 2.75) is 51.0 Å². The number of carbonyl (C=O) groups is 1. The molecule has 0 saturated heterocycles. The van der Waals surface area contributed by atoms with Crippen molar-refractivity contribution < 1.29 is 9.90 Å². The lowest BCUT2D eigenvalue weighted by atomic mass is 9.87. The van der Waals surface area contributed by atoms with Crippen molar-refractivity contribution in [1.29, 1.82) is 0 Å². The standard InChI is InChI=1S/C20H25Cl2N3O2/c21-17-7-6-15(13-18(17)22)16(12-14-4-1-2-5-14)20(27)23-19-8-10-25(24-19)9-3-11-26/h6-8,10,13-14,16,26H,1-5,9,11-12H2,(H,23,24,27). The molecule has 2 aromatic rings. The highest BCUT2D eigenvalue weighted by molar-refractivity contribution is 6.42. The topological polar surface area (TPSA) is 67.2 Å². The lowest BCUT2D eigenvalue weighted by Crippen LogP contribution is -2.23. The number of rotatable bonds is 8. The molecule has 1 saturated carbocycles. The van der Waals surface area contributed by atoms with Crippen LogP contribution in [0.15, 0.2) is 30.5 Å². The number of nitrogens with zero attached hydrogens (tertiary/aromatic N) is 2. The number of hydrogen-bond acceptors (Lipinski definition) is 3. The molecule has 2 N–H and O–H groups in total. The molecule has 146 valence electrons. The van der Waals surface area contributed by atoms with E-state index in [4.69, 9.17) is 28.3 Å². The van der Waals surface area contributed by atoms with E-state index in [1.54, 1.807) is 29.1 Å². The van der Waals surface area contributed by atoms with E-state index in [1.807, 2.05) is 6.07 Å². The van der Waals surface area contributed by atoms with Gasteiger partial charge in [0.15, 0.2) is 5.82 Å². The van der Waals surface area contributed by atoms with E-state index in [-0.39, 0.29) is 18.4 Å². The second kappa shape index (κ2) is 9.58. The number of benzene rings is 1. The first-order valence-corrected chi connectivity index (χ1v) is 10.2. The van der Waals surface area contributed by atoms with E-state index in [9.17, 15) is 4.79 Å². The third-order valence-corrected chi connectivity index (χ3v) is 5.88. The fourth-order valence-electron chi connectivity index (χ4n) is 3.70. The van der Waals surface area contributed by atoms with Crippen molar-refractivity contribution in [2.24, 2.45) is 5.92 Å². The Morgan fingerprint density at radius 1 is 1.26 bits per heavy atom. The van der Waals surface area contributed by atoms with Crippen molar-refractivity contribution in [3.63, 3.8) is 0 Å². The van der Waals surface area contributed by atoms with Gasteiger partial charge < -0.3 is 10.4 Å². The second-order valence-electron chi connectivity index (χ2n) is 7.14. The largest absolute Gasteiger partial charge is 0.396 e. The smallest absolute Gasteiger partial charge is 0.233 e. The molecule has 1 heterocycles. The van der Waals surface area contributed by atoms with Gasteiger partial charge in [0.1, 0.15) is 0 Å². The predicted molar refractivity (Wildman–Crippen MR) is 108 cm³/mol. The molecule has 1 aliphatic carbocycles. The molecule has 0 bridgehead atoms. The summed E-state index contributed by atoms with van der Waals surface area (Å²) in [6, 6.07) is 7.20. The van der Waals surface area contributed by atoms with Crippen LogP contribution >= 0.6 is 23.2 Å². The zero-order chi connectivity index (χ0) is 19.2. The van der Waals surface area contributed by atoms with Crippen LogP contribution in [0.4, 0.5) is 5.82 Å². The molecule has 5 nitrogen and oxygen atoms in total. The number of aliphatic hydroxyl groups is 1. The molecule has 0 aliphatic heterocycles. The molecule has 1 aromatic carbocycles. The Morgan fingerprint density at radius 2 is 2.04 bits per heavy atom. The number of aliphatic hydroxyl groups excluding tert-OH is 1. The van der Waals surface area contributed by atoms with Crippen LogP contribution in [0.25, 0.3) is 0 Å². The normalized spacial score (nSPS) is 15.8. The molecule has 1 unspecified atom stereocenters. The van der Waals surface area contributed by atoms with E-state index < -0.39 is 0 Å². The van der Waals surface area contributed by atoms with Gasteiger partial charge in [-0.05, 0) is 36.5 Å². The van der Waals surface area contributed by atoms with Crippen LogP contribution in [-0.2, 0) is 11.3 Å². The molecule has 1 aliphatic rings. The zero-order valence-electron chi connectivity index (χ0n) is 15.2. The molecule has 1 fully saturated rings. The zero-order valence-corrected chi connectivity index (χ0v) is 16.7. The minimum absolute atomic E-state index is 0.0762. The first-order chi connectivity index (χ1) is 13.1. The molecule has 1 atom stereocenters. The van der Waals surface area contributed by atoms with Crippen LogP contribution in [0.2, 0.25) is 10.0 Å². The monoisotopic (exact) mass is 409 g/mol. The van der Waals surface area contributed by atoms with Gasteiger partial charge in [-0.2, -0.15) is 5.10 Å². The fraction of sp³-hybridized carbons (Fsp3) is 0.500. The van der Waals surface area contributed by atoms with Crippen LogP contribution in [0.3, 0.4) is 0 Å². The maximum atomic E-state index is 13.0. The molecular formula is C20H25Cl2N3O2. The summed E-state index contributed by atoms with van der Waals surface area (Å²) in [6.45, 7) is 0.729. The van der Waals surface area contributed by atoms with Crippen molar-refractivity contribution in [2.75, 3.05) is 11.9 Å². The Labute approximate surface area is 169 Å². The Morgan fingerprint density at radius 3 is 2.74 bits per heavy atom. The predicted octanol–water partition coefficient (Wildman–Crippen LogP) is 4.87. The lowest BCUT2D eigenvalue weighted by molar-refractivity contribution is -0.118. The van der Waals surface area contributed by atoms with Crippen molar-refractivity contribution in [3.8, 4) is 0 Å². The number of anilines is 1. The van der Waals surface area contributed by atoms with Gasteiger partial charge in [0.2, 0.25) is 5.91 Å². The highest BCUT2D eigenvalue weighted by Gasteiger charge is 2.27. The molecule has 1 amide bonds. The number of aryl methyl sites for hydroxylation is 1. The van der Waals surface area contributed by atoms with Gasteiger partial charge in [0.05, 0.1) is 16.0 Å². The van der Waals surface area contributed by atoms with E-state index in [0.717, 1.165) is 12.0 Å². The highest BCUT2D eigenvalue weighted by Crippen LogP contribution is 2.36. The Hall–Kier alpha value is -1.56. The maximum absolute atomic E-state index is 13.0. The summed E-state index contributed by atoms with van der Waals surface area (Å²) in [5.41, 5.74) is 0.883. The summed E-state index contributed by atoms with van der Waals surface area (Å²) in [7, 11) is 0. The minimum Gasteiger partial charge on any atom is -0.396 e. The van der Waals surface area contributed by atoms with E-state index >= 15 is 0 Å². The number of halogens is 2. The minimum atomic E-state index is -0.287. The lowest BCUT2D eigenvalue weighted by Gasteiger charge is -2.20. The van der Waals surface area contributed by atoms with Gasteiger partial charge in [-0.25, -0.2) is 0 Å². The summed E-state index contributed by atoms with van der Waals surface area (Å²) in [6.07, 6.45) is 8.03. The third kappa shape index (κ3) is 5.47. The van der Waals surface area contributed by atoms with Crippen LogP contribution in [0, 0.1) is 5.92 Å². The third-order valence-electron chi connectivity index (χ3n) is 5.14. The van der Waals surface area contributed by atoms with E-state index in [2.05, 4.69) is 10.4 Å². The molecule has 3 rings (SSSR count). The van der Waals surface area contributed by atoms with E-state index in [0.29, 0.717) is 34.7 Å². The highest BCUT2D eigenvalue weighted by atomic mass is 35.5. The van der Waals surface area contributed by atoms with Crippen LogP contribution in [0.1, 0.15) is 50.0 Å². The SMILES string of the molecule is O=C(Nc1ccn(CCCO)n1)C(CC1CCCC1)c1ccc(Cl)c(Cl)c1. The molecule has 0 radical (unpaired) electrons. The van der Waals surface area contributed by atoms with Gasteiger partial charge in [0, 0.05) is 25.4 Å². The van der Waals surface area contributed by atoms with Gasteiger partial charge in [-0.1, -0.05) is 55.0 Å². The fourth-order valence-corrected chi connectivity index (χ4v) is 4.01. The maximum Gasteiger partial charge on any atom is 0.233 e. The number of aromatic nitrogens is 2. The molecule has 27 heavy (non-hydrogen) atoms. The van der Waals surface area contributed by atoms with Crippen molar-refractivity contribution in [3.05, 3.63) is 46.1 Å². The molecule has 0 spiro atoms. The van der Waals surface area contributed by atoms with Crippen molar-refractivity contribution in [1.82, 2.24) is 9.78 Å². The Bertz CT molecular complexity index is 772. The van der Waals surface area contributed by atoms with E-state index in [1.165, 1.54) is 25.7 Å². The van der Waals surface area contributed by atoms with Gasteiger partial charge in [0.25, 0.3) is 0 Å². The van der Waals surface area contributed by atoms with Gasteiger partial charge >= 0.3 is 0 Å². The summed E-state index contributed by atoms with van der Waals surface area (Å²) in [4.78, 5) is 13.0. The van der Waals surface area contributed by atoms with Crippen LogP contribution in [-0.4, -0.2) is 27.4 Å². The van der Waals surface area contributed by atoms with Crippen LogP contribution in [0.5, 0.6) is 0 Å². The number of nitrogens with one attached hydrogen (secondary N) is 1. The Kier molecular flexibility index (Phi) is 7.16. The first kappa shape index (κ1) is 20.2. The molecular weight excluding hydrogens is 385 g/mol. The summed E-state index contributed by atoms with van der Waals surface area (Å²) >= 11 is 12.2. The number of carbonyl (C=O) groups excluding carboxylic acids is 1. The van der Waals surface area contributed by atoms with Gasteiger partial charge in [-0.3, -0.25) is 9.48 Å². The summed E-state index contributed by atoms with van der Waals surface area (Å²) in [5, 5.41) is 17.2. The number of hydrogen-bond donors (Lipinski definition) is 2. The summed E-state index contributed by atoms with van der Waals surface area (Å²) in [5.74, 6) is 0.713. The summed E-state index contributed by atoms with van der Waals surface area (Å²) < 4.78 is 1.72. The van der Waals surface area contributed by atoms with Crippen LogP contribution < -0.4 is 5.32 Å². The first-order valence-electron chi connectivity index (χ1n) is 9.47. The molecule has 7 heteroatoms. The quantitative estimate of drug-likeness (QED) is 0.652. The second-order valence-corrected chi connectivity index (χ2v) is 7.96. The van der Waals surface area contributed by atoms with Crippen molar-refractivity contribution >= 4 is 34.9 Å². The average Bonchev–Trinajstić information content (AvgIpc) is 3.32. The average molecular weight is 410 g/mol. The Balaban J connectivity index is 1.75.